The van der Waals surface area contributed by atoms with Crippen LogP contribution in [-0.4, -0.2) is 31.1 Å². The third-order valence-electron chi connectivity index (χ3n) is 4.30. The largest absolute Gasteiger partial charge is 0.493 e. The van der Waals surface area contributed by atoms with Crippen molar-refractivity contribution in [2.45, 2.75) is 39.7 Å². The van der Waals surface area contributed by atoms with Gasteiger partial charge in [-0.1, -0.05) is 60.1 Å². The lowest BCUT2D eigenvalue weighted by Gasteiger charge is -2.19. The summed E-state index contributed by atoms with van der Waals surface area (Å²) in [6, 6.07) is 14.0. The van der Waals surface area contributed by atoms with Gasteiger partial charge in [0.15, 0.2) is 0 Å². The van der Waals surface area contributed by atoms with Crippen molar-refractivity contribution in [3.05, 3.63) is 64.1 Å². The van der Waals surface area contributed by atoms with E-state index in [1.165, 1.54) is 0 Å². The second kappa shape index (κ2) is 11.6. The molecule has 0 aliphatic carbocycles. The number of hydrogen-bond acceptors (Lipinski definition) is 4. The number of carbonyl (C=O) groups is 2. The fourth-order valence-electron chi connectivity index (χ4n) is 2.73. The summed E-state index contributed by atoms with van der Waals surface area (Å²) in [6.45, 7) is 6.75. The highest BCUT2D eigenvalue weighted by Crippen LogP contribution is 2.24. The van der Waals surface area contributed by atoms with Crippen LogP contribution in [0.2, 0.25) is 0 Å². The van der Waals surface area contributed by atoms with Crippen LogP contribution in [0.15, 0.2) is 53.0 Å². The Morgan fingerprint density at radius 1 is 1.10 bits per heavy atom. The third kappa shape index (κ3) is 7.54. The number of halogens is 1. The highest BCUT2D eigenvalue weighted by molar-refractivity contribution is 9.10. The summed E-state index contributed by atoms with van der Waals surface area (Å²) in [5, 5.41) is 2.82. The van der Waals surface area contributed by atoms with E-state index >= 15 is 0 Å². The molecule has 1 N–H and O–H groups in total. The van der Waals surface area contributed by atoms with Gasteiger partial charge in [0.1, 0.15) is 11.8 Å². The molecular formula is C23H28BrNO4. The minimum atomic E-state index is -0.785. The molecule has 156 valence electrons. The molecule has 1 amide bonds. The van der Waals surface area contributed by atoms with E-state index in [-0.39, 0.29) is 12.5 Å². The minimum absolute atomic E-state index is 0.250. The Hall–Kier alpha value is -2.34. The molecule has 0 saturated heterocycles. The maximum Gasteiger partial charge on any atom is 0.328 e. The lowest BCUT2D eigenvalue weighted by atomic mass is 10.1. The third-order valence-corrected chi connectivity index (χ3v) is 4.79. The molecule has 29 heavy (non-hydrogen) atoms. The molecule has 6 heteroatoms. The molecule has 0 aliphatic heterocycles. The smallest absolute Gasteiger partial charge is 0.328 e. The Kier molecular flexibility index (Phi) is 9.19. The molecule has 2 aromatic carbocycles. The fourth-order valence-corrected chi connectivity index (χ4v) is 3.09. The Labute approximate surface area is 180 Å². The normalized spacial score (nSPS) is 11.8. The van der Waals surface area contributed by atoms with E-state index in [0.29, 0.717) is 30.3 Å². The molecule has 2 aromatic rings. The Morgan fingerprint density at radius 2 is 1.83 bits per heavy atom. The van der Waals surface area contributed by atoms with Crippen LogP contribution in [0.5, 0.6) is 5.75 Å². The first kappa shape index (κ1) is 22.9. The lowest BCUT2D eigenvalue weighted by molar-refractivity contribution is -0.145. The van der Waals surface area contributed by atoms with E-state index in [1.807, 2.05) is 36.4 Å². The van der Waals surface area contributed by atoms with Crippen molar-refractivity contribution in [1.29, 1.82) is 0 Å². The van der Waals surface area contributed by atoms with Crippen LogP contribution in [0.25, 0.3) is 0 Å². The van der Waals surface area contributed by atoms with Crippen molar-refractivity contribution < 1.29 is 19.1 Å². The Bertz CT molecular complexity index is 808. The second-order valence-corrected chi connectivity index (χ2v) is 8.05. The number of rotatable bonds is 10. The molecular weight excluding hydrogens is 434 g/mol. The second-order valence-electron chi connectivity index (χ2n) is 7.14. The summed E-state index contributed by atoms with van der Waals surface area (Å²) in [5.41, 5.74) is 1.32. The zero-order valence-corrected chi connectivity index (χ0v) is 18.7. The molecule has 0 aliphatic rings. The SMILES string of the molecule is CCOC(=O)C(Cc1ccccc1)NC(=O)c1cc(Br)ccc1OCCC(C)C. The van der Waals surface area contributed by atoms with Gasteiger partial charge in [-0.15, -0.1) is 0 Å². The van der Waals surface area contributed by atoms with Crippen molar-refractivity contribution in [1.82, 2.24) is 5.32 Å². The van der Waals surface area contributed by atoms with Crippen LogP contribution in [-0.2, 0) is 16.0 Å². The summed E-state index contributed by atoms with van der Waals surface area (Å²) >= 11 is 3.40. The van der Waals surface area contributed by atoms with Gasteiger partial charge < -0.3 is 14.8 Å². The predicted octanol–water partition coefficient (Wildman–Crippen LogP) is 4.78. The highest BCUT2D eigenvalue weighted by atomic mass is 79.9. The number of esters is 1. The average Bonchev–Trinajstić information content (AvgIpc) is 2.69. The molecule has 0 fully saturated rings. The van der Waals surface area contributed by atoms with Crippen LogP contribution in [0.1, 0.15) is 43.1 Å². The molecule has 2 rings (SSSR count). The van der Waals surface area contributed by atoms with Gasteiger partial charge in [-0.25, -0.2) is 4.79 Å². The number of benzene rings is 2. The van der Waals surface area contributed by atoms with Crippen molar-refractivity contribution in [2.24, 2.45) is 5.92 Å². The summed E-state index contributed by atoms with van der Waals surface area (Å²) < 4.78 is 11.8. The molecule has 0 radical (unpaired) electrons. The molecule has 1 atom stereocenters. The summed E-state index contributed by atoms with van der Waals surface area (Å²) in [7, 11) is 0. The number of amides is 1. The molecule has 1 unspecified atom stereocenters. The highest BCUT2D eigenvalue weighted by Gasteiger charge is 2.25. The number of ether oxygens (including phenoxy) is 2. The van der Waals surface area contributed by atoms with Crippen molar-refractivity contribution in [3.63, 3.8) is 0 Å². The first-order chi connectivity index (χ1) is 13.9. The minimum Gasteiger partial charge on any atom is -0.493 e. The van der Waals surface area contributed by atoms with Gasteiger partial charge in [0, 0.05) is 10.9 Å². The Balaban J connectivity index is 2.19. The van der Waals surface area contributed by atoms with Crippen LogP contribution >= 0.6 is 15.9 Å². The van der Waals surface area contributed by atoms with Gasteiger partial charge in [0.25, 0.3) is 5.91 Å². The zero-order valence-electron chi connectivity index (χ0n) is 17.1. The van der Waals surface area contributed by atoms with Crippen LogP contribution < -0.4 is 10.1 Å². The van der Waals surface area contributed by atoms with Gasteiger partial charge in [-0.3, -0.25) is 4.79 Å². The summed E-state index contributed by atoms with van der Waals surface area (Å²) in [5.74, 6) is 0.164. The molecule has 0 heterocycles. The van der Waals surface area contributed by atoms with Crippen molar-refractivity contribution >= 4 is 27.8 Å². The maximum atomic E-state index is 13.0. The van der Waals surface area contributed by atoms with Crippen molar-refractivity contribution in [3.8, 4) is 5.75 Å². The number of nitrogens with one attached hydrogen (secondary N) is 1. The standard InChI is InChI=1S/C23H28BrNO4/c1-4-28-23(27)20(14-17-8-6-5-7-9-17)25-22(26)19-15-18(24)10-11-21(19)29-13-12-16(2)3/h5-11,15-16,20H,4,12-14H2,1-3H3,(H,25,26). The van der Waals surface area contributed by atoms with Gasteiger partial charge in [0.2, 0.25) is 0 Å². The molecule has 0 spiro atoms. The molecule has 0 bridgehead atoms. The quantitative estimate of drug-likeness (QED) is 0.517. The number of carbonyl (C=O) groups excluding carboxylic acids is 2. The van der Waals surface area contributed by atoms with E-state index in [2.05, 4.69) is 35.1 Å². The molecule has 0 aromatic heterocycles. The van der Waals surface area contributed by atoms with Gasteiger partial charge in [-0.05, 0) is 43.0 Å². The van der Waals surface area contributed by atoms with E-state index in [9.17, 15) is 9.59 Å². The first-order valence-corrected chi connectivity index (χ1v) is 10.6. The Morgan fingerprint density at radius 3 is 2.48 bits per heavy atom. The maximum absolute atomic E-state index is 13.0. The summed E-state index contributed by atoms with van der Waals surface area (Å²) in [4.78, 5) is 25.4. The predicted molar refractivity (Wildman–Crippen MR) is 117 cm³/mol. The zero-order chi connectivity index (χ0) is 21.2. The van der Waals surface area contributed by atoms with E-state index in [0.717, 1.165) is 16.5 Å². The van der Waals surface area contributed by atoms with Gasteiger partial charge in [-0.2, -0.15) is 0 Å². The average molecular weight is 462 g/mol. The van der Waals surface area contributed by atoms with Crippen LogP contribution in [0.4, 0.5) is 0 Å². The lowest BCUT2D eigenvalue weighted by Crippen LogP contribution is -2.43. The first-order valence-electron chi connectivity index (χ1n) is 9.84. The van der Waals surface area contributed by atoms with E-state index in [1.54, 1.807) is 19.1 Å². The van der Waals surface area contributed by atoms with Gasteiger partial charge >= 0.3 is 5.97 Å². The van der Waals surface area contributed by atoms with Crippen LogP contribution in [0.3, 0.4) is 0 Å². The van der Waals surface area contributed by atoms with E-state index in [4.69, 9.17) is 9.47 Å². The summed E-state index contributed by atoms with van der Waals surface area (Å²) in [6.07, 6.45) is 1.24. The van der Waals surface area contributed by atoms with Crippen molar-refractivity contribution in [2.75, 3.05) is 13.2 Å². The fraction of sp³-hybridized carbons (Fsp3) is 0.391. The van der Waals surface area contributed by atoms with Gasteiger partial charge in [0.05, 0.1) is 18.8 Å². The monoisotopic (exact) mass is 461 g/mol. The van der Waals surface area contributed by atoms with Crippen LogP contribution in [0, 0.1) is 5.92 Å². The topological polar surface area (TPSA) is 64.6 Å². The molecule has 5 nitrogen and oxygen atoms in total. The molecule has 0 saturated carbocycles. The van der Waals surface area contributed by atoms with E-state index < -0.39 is 12.0 Å². The number of hydrogen-bond donors (Lipinski definition) is 1.